The summed E-state index contributed by atoms with van der Waals surface area (Å²) in [5, 5.41) is 24.4. The highest BCUT2D eigenvalue weighted by Crippen LogP contribution is 2.43. The molecule has 25 heavy (non-hydrogen) atoms. The molecular weight excluding hydrogens is 402 g/mol. The van der Waals surface area contributed by atoms with Gasteiger partial charge in [-0.2, -0.15) is 0 Å². The summed E-state index contributed by atoms with van der Waals surface area (Å²) in [6.45, 7) is 1.58. The summed E-state index contributed by atoms with van der Waals surface area (Å²) < 4.78 is 0. The topological polar surface area (TPSA) is 40.5 Å². The van der Waals surface area contributed by atoms with Gasteiger partial charge in [0.25, 0.3) is 0 Å². The van der Waals surface area contributed by atoms with E-state index in [0.717, 1.165) is 27.1 Å². The van der Waals surface area contributed by atoms with Crippen molar-refractivity contribution in [1.82, 2.24) is 0 Å². The molecule has 0 saturated carbocycles. The van der Waals surface area contributed by atoms with Gasteiger partial charge in [-0.05, 0) is 34.9 Å². The lowest BCUT2D eigenvalue weighted by atomic mass is 9.81. The first-order valence-corrected chi connectivity index (χ1v) is 8.74. The Balaban J connectivity index is 0.00000225. The van der Waals surface area contributed by atoms with Crippen LogP contribution in [0.15, 0.2) is 36.4 Å². The van der Waals surface area contributed by atoms with E-state index in [2.05, 4.69) is 0 Å². The van der Waals surface area contributed by atoms with E-state index in [1.807, 2.05) is 31.2 Å². The Bertz CT molecular complexity index is 857. The minimum absolute atomic E-state index is 0. The number of hydrogen-bond acceptors (Lipinski definition) is 2. The number of aliphatic hydroxyl groups excluding tert-OH is 2. The second-order valence-corrected chi connectivity index (χ2v) is 7.61. The molecule has 134 valence electrons. The zero-order chi connectivity index (χ0) is 17.5. The molecule has 0 amide bonds. The molecule has 2 N–H and O–H groups in total. The van der Waals surface area contributed by atoms with Crippen LogP contribution in [0.5, 0.6) is 0 Å². The van der Waals surface area contributed by atoms with Crippen LogP contribution in [0.2, 0.25) is 15.1 Å². The van der Waals surface area contributed by atoms with Crippen molar-refractivity contribution in [3.05, 3.63) is 57.0 Å². The molecule has 2 nitrogen and oxygen atoms in total. The highest BCUT2D eigenvalue weighted by atomic mass is 35.5. The van der Waals surface area contributed by atoms with Crippen LogP contribution in [0.4, 0.5) is 0 Å². The van der Waals surface area contributed by atoms with Gasteiger partial charge < -0.3 is 10.2 Å². The molecule has 0 aliphatic carbocycles. The van der Waals surface area contributed by atoms with Gasteiger partial charge in [0.2, 0.25) is 0 Å². The van der Waals surface area contributed by atoms with Crippen LogP contribution in [0.3, 0.4) is 0 Å². The average molecular weight is 420 g/mol. The number of benzene rings is 3. The highest BCUT2D eigenvalue weighted by molar-refractivity contribution is 6.48. The molecule has 6 heteroatoms. The molecule has 0 saturated heterocycles. The van der Waals surface area contributed by atoms with E-state index in [9.17, 15) is 10.2 Å². The monoisotopic (exact) mass is 418 g/mol. The normalized spacial score (nSPS) is 11.8. The summed E-state index contributed by atoms with van der Waals surface area (Å²) in [5.41, 5.74) is 0.318. The van der Waals surface area contributed by atoms with Crippen LogP contribution in [-0.2, 0) is 6.42 Å². The van der Waals surface area contributed by atoms with Crippen molar-refractivity contribution < 1.29 is 10.2 Å². The first-order chi connectivity index (χ1) is 11.4. The molecule has 0 fully saturated rings. The third kappa shape index (κ3) is 3.57. The number of fused-ring (bicyclic) bond motifs is 2. The maximum atomic E-state index is 9.72. The zero-order valence-electron chi connectivity index (χ0n) is 13.5. The molecule has 0 spiro atoms. The molecule has 3 aromatic rings. The van der Waals surface area contributed by atoms with E-state index in [1.54, 1.807) is 12.1 Å². The quantitative estimate of drug-likeness (QED) is 0.516. The standard InChI is InChI=1S/C19H17Cl3O2.ClH/c1-19(9-23,10-24)8-13-11-4-2-6-14(20)16(11)18(22)17-12(13)5-3-7-15(17)21;/h2-7,23-24H,8-10H2,1H3;1H. The van der Waals surface area contributed by atoms with Gasteiger partial charge in [0.1, 0.15) is 0 Å². The summed E-state index contributed by atoms with van der Waals surface area (Å²) >= 11 is 19.4. The summed E-state index contributed by atoms with van der Waals surface area (Å²) in [6, 6.07) is 11.2. The Morgan fingerprint density at radius 1 is 0.840 bits per heavy atom. The predicted molar refractivity (Wildman–Crippen MR) is 110 cm³/mol. The Morgan fingerprint density at radius 2 is 1.28 bits per heavy atom. The maximum Gasteiger partial charge on any atom is 0.0592 e. The van der Waals surface area contributed by atoms with Gasteiger partial charge in [-0.25, -0.2) is 0 Å². The van der Waals surface area contributed by atoms with Gasteiger partial charge in [0.15, 0.2) is 0 Å². The van der Waals surface area contributed by atoms with Crippen LogP contribution in [0, 0.1) is 5.41 Å². The molecular formula is C19H18Cl4O2. The second kappa shape index (κ2) is 7.87. The maximum absolute atomic E-state index is 9.72. The lowest BCUT2D eigenvalue weighted by molar-refractivity contribution is 0.0709. The van der Waals surface area contributed by atoms with Gasteiger partial charge in [0.05, 0.1) is 18.2 Å². The SMILES string of the molecule is CC(CO)(CO)Cc1c2cccc(Cl)c2c(Cl)c2c(Cl)cccc12.Cl. The molecule has 3 aromatic carbocycles. The molecule has 3 rings (SSSR count). The number of rotatable bonds is 4. The minimum atomic E-state index is -0.654. The summed E-state index contributed by atoms with van der Waals surface area (Å²) in [6.07, 6.45) is 0.477. The molecule has 0 radical (unpaired) electrons. The fourth-order valence-corrected chi connectivity index (χ4v) is 4.09. The predicted octanol–water partition coefficient (Wildman–Crippen LogP) is 5.91. The Labute approximate surface area is 167 Å². The Morgan fingerprint density at radius 3 is 1.68 bits per heavy atom. The molecule has 0 heterocycles. The van der Waals surface area contributed by atoms with E-state index >= 15 is 0 Å². The van der Waals surface area contributed by atoms with Gasteiger partial charge in [-0.15, -0.1) is 12.4 Å². The third-order valence-corrected chi connectivity index (χ3v) is 5.49. The van der Waals surface area contributed by atoms with Crippen LogP contribution in [-0.4, -0.2) is 23.4 Å². The minimum Gasteiger partial charge on any atom is -0.396 e. The lowest BCUT2D eigenvalue weighted by Crippen LogP contribution is -2.28. The number of hydrogen-bond donors (Lipinski definition) is 2. The van der Waals surface area contributed by atoms with Crippen LogP contribution >= 0.6 is 47.2 Å². The fraction of sp³-hybridized carbons (Fsp3) is 0.263. The first-order valence-electron chi connectivity index (χ1n) is 7.60. The lowest BCUT2D eigenvalue weighted by Gasteiger charge is -2.27. The first kappa shape index (κ1) is 20.6. The molecule has 0 atom stereocenters. The van der Waals surface area contributed by atoms with Gasteiger partial charge in [0, 0.05) is 26.2 Å². The zero-order valence-corrected chi connectivity index (χ0v) is 16.6. The van der Waals surface area contributed by atoms with Crippen molar-refractivity contribution >= 4 is 68.8 Å². The van der Waals surface area contributed by atoms with Crippen molar-refractivity contribution in [1.29, 1.82) is 0 Å². The summed E-state index contributed by atoms with van der Waals surface area (Å²) in [4.78, 5) is 0. The Kier molecular flexibility index (Phi) is 6.48. The van der Waals surface area contributed by atoms with Gasteiger partial charge in [-0.1, -0.05) is 66.0 Å². The van der Waals surface area contributed by atoms with Gasteiger partial charge in [-0.3, -0.25) is 0 Å². The van der Waals surface area contributed by atoms with E-state index in [-0.39, 0.29) is 25.6 Å². The molecule has 0 aliphatic rings. The van der Waals surface area contributed by atoms with Crippen molar-refractivity contribution in [3.63, 3.8) is 0 Å². The van der Waals surface area contributed by atoms with Crippen molar-refractivity contribution in [2.75, 3.05) is 13.2 Å². The number of halogens is 4. The summed E-state index contributed by atoms with van der Waals surface area (Å²) in [5.74, 6) is 0. The number of aliphatic hydroxyl groups is 2. The molecule has 0 unspecified atom stereocenters. The summed E-state index contributed by atoms with van der Waals surface area (Å²) in [7, 11) is 0. The van der Waals surface area contributed by atoms with E-state index in [0.29, 0.717) is 21.5 Å². The van der Waals surface area contributed by atoms with E-state index in [1.165, 1.54) is 0 Å². The Hall–Kier alpha value is -0.740. The van der Waals surface area contributed by atoms with Crippen LogP contribution in [0.1, 0.15) is 12.5 Å². The van der Waals surface area contributed by atoms with Crippen molar-refractivity contribution in [2.45, 2.75) is 13.3 Å². The molecule has 0 bridgehead atoms. The van der Waals surface area contributed by atoms with Crippen LogP contribution in [0.25, 0.3) is 21.5 Å². The molecule has 0 aromatic heterocycles. The van der Waals surface area contributed by atoms with Crippen LogP contribution < -0.4 is 0 Å². The van der Waals surface area contributed by atoms with E-state index < -0.39 is 5.41 Å². The van der Waals surface area contributed by atoms with Crippen molar-refractivity contribution in [3.8, 4) is 0 Å². The third-order valence-electron chi connectivity index (χ3n) is 4.48. The van der Waals surface area contributed by atoms with Gasteiger partial charge >= 0.3 is 0 Å². The second-order valence-electron chi connectivity index (χ2n) is 6.42. The largest absolute Gasteiger partial charge is 0.396 e. The fourth-order valence-electron chi connectivity index (χ4n) is 3.05. The highest BCUT2D eigenvalue weighted by Gasteiger charge is 2.26. The van der Waals surface area contributed by atoms with Crippen molar-refractivity contribution in [2.24, 2.45) is 5.41 Å². The van der Waals surface area contributed by atoms with E-state index in [4.69, 9.17) is 34.8 Å². The average Bonchev–Trinajstić information content (AvgIpc) is 2.58. The smallest absolute Gasteiger partial charge is 0.0592 e. The molecule has 0 aliphatic heterocycles.